The molecule has 10 nitrogen and oxygen atoms in total. The van der Waals surface area contributed by atoms with Gasteiger partial charge < -0.3 is 29.3 Å². The van der Waals surface area contributed by atoms with Gasteiger partial charge in [0.05, 0.1) is 14.2 Å². The predicted molar refractivity (Wildman–Crippen MR) is 119 cm³/mol. The first-order valence-corrected chi connectivity index (χ1v) is 10.2. The maximum absolute atomic E-state index is 12.4. The highest BCUT2D eigenvalue weighted by Gasteiger charge is 2.22. The Morgan fingerprint density at radius 1 is 0.848 bits per heavy atom. The summed E-state index contributed by atoms with van der Waals surface area (Å²) in [5, 5.41) is 14.8. The van der Waals surface area contributed by atoms with Crippen molar-refractivity contribution in [3.63, 3.8) is 0 Å². The van der Waals surface area contributed by atoms with Gasteiger partial charge in [0.2, 0.25) is 0 Å². The molecule has 2 N–H and O–H groups in total. The molecular weight excluding hydrogens is 432 g/mol. The zero-order valence-electron chi connectivity index (χ0n) is 18.6. The molecule has 3 rings (SSSR count). The number of ether oxygens (including phenoxy) is 3. The maximum Gasteiger partial charge on any atom is 0.414 e. The molecule has 2 aromatic carbocycles. The Morgan fingerprint density at radius 2 is 1.48 bits per heavy atom. The Kier molecular flexibility index (Phi) is 9.97. The van der Waals surface area contributed by atoms with E-state index in [0.717, 1.165) is 42.4 Å². The highest BCUT2D eigenvalue weighted by atomic mass is 16.5. The smallest absolute Gasteiger partial charge is 0.414 e. The van der Waals surface area contributed by atoms with Crippen molar-refractivity contribution in [2.45, 2.75) is 6.54 Å². The van der Waals surface area contributed by atoms with E-state index in [1.807, 2.05) is 53.4 Å². The van der Waals surface area contributed by atoms with Crippen molar-refractivity contribution in [2.24, 2.45) is 0 Å². The number of carbonyl (C=O) groups is 3. The monoisotopic (exact) mass is 460 g/mol. The van der Waals surface area contributed by atoms with Crippen LogP contribution in [0.3, 0.4) is 0 Å². The summed E-state index contributed by atoms with van der Waals surface area (Å²) in [4.78, 5) is 34.7. The minimum atomic E-state index is -1.82. The summed E-state index contributed by atoms with van der Waals surface area (Å²) in [6.07, 6.45) is 0. The fourth-order valence-electron chi connectivity index (χ4n) is 3.13. The molecule has 0 atom stereocenters. The Labute approximate surface area is 191 Å². The van der Waals surface area contributed by atoms with Crippen LogP contribution in [0.1, 0.15) is 5.56 Å². The molecule has 178 valence electrons. The van der Waals surface area contributed by atoms with Crippen molar-refractivity contribution in [2.75, 3.05) is 47.0 Å². The zero-order valence-corrected chi connectivity index (χ0v) is 18.6. The quantitative estimate of drug-likeness (QED) is 0.592. The van der Waals surface area contributed by atoms with Crippen LogP contribution in [0.2, 0.25) is 0 Å². The number of aliphatic carboxylic acids is 2. The number of carboxylic acids is 2. The molecule has 0 aliphatic carbocycles. The molecule has 1 aliphatic heterocycles. The summed E-state index contributed by atoms with van der Waals surface area (Å²) in [5.74, 6) is -1.30. The molecule has 1 amide bonds. The fourth-order valence-corrected chi connectivity index (χ4v) is 3.13. The molecule has 33 heavy (non-hydrogen) atoms. The molecule has 1 aliphatic rings. The number of carboxylic acid groups (broad SMARTS) is 2. The van der Waals surface area contributed by atoms with E-state index >= 15 is 0 Å². The summed E-state index contributed by atoms with van der Waals surface area (Å²) >= 11 is 0. The first-order chi connectivity index (χ1) is 15.8. The average molecular weight is 460 g/mol. The van der Waals surface area contributed by atoms with Gasteiger partial charge in [-0.05, 0) is 18.2 Å². The normalized spacial score (nSPS) is 13.3. The molecule has 0 bridgehead atoms. The summed E-state index contributed by atoms with van der Waals surface area (Å²) < 4.78 is 16.3. The molecule has 0 spiro atoms. The standard InChI is InChI=1S/C21H26N2O4.C2H2O4/c1-25-19-9-8-17(20(14-19)26-2)15-22-10-12-23(13-11-22)21(24)16-27-18-6-4-3-5-7-18;3-1(4)2(5)6/h3-9,14H,10-13,15-16H2,1-2H3;(H,3,4)(H,5,6). The number of methoxy groups -OCH3 is 2. The van der Waals surface area contributed by atoms with E-state index in [4.69, 9.17) is 34.0 Å². The van der Waals surface area contributed by atoms with Gasteiger partial charge in [-0.1, -0.05) is 24.3 Å². The Bertz CT molecular complexity index is 915. The highest BCUT2D eigenvalue weighted by molar-refractivity contribution is 6.27. The summed E-state index contributed by atoms with van der Waals surface area (Å²) in [5.41, 5.74) is 1.12. The minimum absolute atomic E-state index is 0.0283. The lowest BCUT2D eigenvalue weighted by Crippen LogP contribution is -2.49. The topological polar surface area (TPSA) is 126 Å². The number of amides is 1. The van der Waals surface area contributed by atoms with E-state index in [1.165, 1.54) is 0 Å². The van der Waals surface area contributed by atoms with E-state index in [9.17, 15) is 4.79 Å². The van der Waals surface area contributed by atoms with Gasteiger partial charge >= 0.3 is 11.9 Å². The number of hydrogen-bond donors (Lipinski definition) is 2. The van der Waals surface area contributed by atoms with Crippen molar-refractivity contribution in [3.8, 4) is 17.2 Å². The summed E-state index contributed by atoms with van der Waals surface area (Å²) in [6.45, 7) is 3.93. The summed E-state index contributed by atoms with van der Waals surface area (Å²) in [6, 6.07) is 15.3. The van der Waals surface area contributed by atoms with Crippen LogP contribution < -0.4 is 14.2 Å². The largest absolute Gasteiger partial charge is 0.497 e. The minimum Gasteiger partial charge on any atom is -0.497 e. The number of piperazine rings is 1. The molecule has 1 saturated heterocycles. The van der Waals surface area contributed by atoms with Gasteiger partial charge in [-0.3, -0.25) is 9.69 Å². The molecular formula is C23H28N2O8. The first kappa shape index (κ1) is 25.5. The molecule has 0 aromatic heterocycles. The number of para-hydroxylation sites is 1. The van der Waals surface area contributed by atoms with Gasteiger partial charge in [0, 0.05) is 44.4 Å². The number of nitrogens with zero attached hydrogens (tertiary/aromatic N) is 2. The Hall–Kier alpha value is -3.79. The lowest BCUT2D eigenvalue weighted by atomic mass is 10.1. The van der Waals surface area contributed by atoms with E-state index in [1.54, 1.807) is 14.2 Å². The van der Waals surface area contributed by atoms with Crippen molar-refractivity contribution < 1.29 is 38.8 Å². The third kappa shape index (κ3) is 8.34. The van der Waals surface area contributed by atoms with Gasteiger partial charge in [-0.2, -0.15) is 0 Å². The summed E-state index contributed by atoms with van der Waals surface area (Å²) in [7, 11) is 3.31. The zero-order chi connectivity index (χ0) is 24.2. The second-order valence-electron chi connectivity index (χ2n) is 7.05. The molecule has 1 fully saturated rings. The van der Waals surface area contributed by atoms with Crippen LogP contribution in [0, 0.1) is 0 Å². The van der Waals surface area contributed by atoms with Crippen molar-refractivity contribution in [1.82, 2.24) is 9.80 Å². The van der Waals surface area contributed by atoms with Crippen molar-refractivity contribution in [1.29, 1.82) is 0 Å². The number of benzene rings is 2. The Morgan fingerprint density at radius 3 is 2.03 bits per heavy atom. The molecule has 0 radical (unpaired) electrons. The van der Waals surface area contributed by atoms with Gasteiger partial charge in [-0.15, -0.1) is 0 Å². The predicted octanol–water partition coefficient (Wildman–Crippen LogP) is 1.58. The van der Waals surface area contributed by atoms with Crippen LogP contribution in [0.25, 0.3) is 0 Å². The molecule has 0 unspecified atom stereocenters. The number of carbonyl (C=O) groups excluding carboxylic acids is 1. The Balaban J connectivity index is 0.000000569. The van der Waals surface area contributed by atoms with Crippen molar-refractivity contribution >= 4 is 17.8 Å². The van der Waals surface area contributed by atoms with Crippen LogP contribution in [0.15, 0.2) is 48.5 Å². The first-order valence-electron chi connectivity index (χ1n) is 10.2. The van der Waals surface area contributed by atoms with E-state index in [2.05, 4.69) is 4.90 Å². The van der Waals surface area contributed by atoms with E-state index in [0.29, 0.717) is 13.1 Å². The molecule has 1 heterocycles. The maximum atomic E-state index is 12.4. The average Bonchev–Trinajstić information content (AvgIpc) is 2.84. The van der Waals surface area contributed by atoms with Crippen LogP contribution in [-0.4, -0.2) is 84.9 Å². The van der Waals surface area contributed by atoms with Crippen LogP contribution >= 0.6 is 0 Å². The fraction of sp³-hybridized carbons (Fsp3) is 0.348. The lowest BCUT2D eigenvalue weighted by molar-refractivity contribution is -0.159. The SMILES string of the molecule is COc1ccc(CN2CCN(C(=O)COc3ccccc3)CC2)c(OC)c1.O=C(O)C(=O)O. The van der Waals surface area contributed by atoms with Crippen LogP contribution in [-0.2, 0) is 20.9 Å². The van der Waals surface area contributed by atoms with Crippen molar-refractivity contribution in [3.05, 3.63) is 54.1 Å². The van der Waals surface area contributed by atoms with Gasteiger partial charge in [0.15, 0.2) is 6.61 Å². The van der Waals surface area contributed by atoms with Crippen LogP contribution in [0.4, 0.5) is 0 Å². The number of hydrogen-bond acceptors (Lipinski definition) is 7. The molecule has 2 aromatic rings. The van der Waals surface area contributed by atoms with Gasteiger partial charge in [0.25, 0.3) is 5.91 Å². The number of rotatable bonds is 7. The van der Waals surface area contributed by atoms with Gasteiger partial charge in [-0.25, -0.2) is 9.59 Å². The lowest BCUT2D eigenvalue weighted by Gasteiger charge is -2.34. The second-order valence-corrected chi connectivity index (χ2v) is 7.05. The molecule has 10 heteroatoms. The van der Waals surface area contributed by atoms with E-state index in [-0.39, 0.29) is 12.5 Å². The van der Waals surface area contributed by atoms with E-state index < -0.39 is 11.9 Å². The third-order valence-corrected chi connectivity index (χ3v) is 4.90. The highest BCUT2D eigenvalue weighted by Crippen LogP contribution is 2.26. The second kappa shape index (κ2) is 12.9. The molecule has 0 saturated carbocycles. The third-order valence-electron chi connectivity index (χ3n) is 4.90. The van der Waals surface area contributed by atoms with Gasteiger partial charge in [0.1, 0.15) is 17.2 Å². The van der Waals surface area contributed by atoms with Crippen LogP contribution in [0.5, 0.6) is 17.2 Å².